The summed E-state index contributed by atoms with van der Waals surface area (Å²) in [5.41, 5.74) is 6.43. The van der Waals surface area contributed by atoms with E-state index in [1.807, 2.05) is 13.1 Å². The van der Waals surface area contributed by atoms with Gasteiger partial charge in [0.25, 0.3) is 0 Å². The molecule has 19 heavy (non-hydrogen) atoms. The minimum Gasteiger partial charge on any atom is -0.387 e. The van der Waals surface area contributed by atoms with Gasteiger partial charge in [-0.25, -0.2) is 0 Å². The first-order valence-corrected chi connectivity index (χ1v) is 6.70. The largest absolute Gasteiger partial charge is 0.387 e. The van der Waals surface area contributed by atoms with Crippen molar-refractivity contribution in [3.8, 4) is 0 Å². The highest BCUT2D eigenvalue weighted by atomic mass is 14.8. The van der Waals surface area contributed by atoms with Crippen molar-refractivity contribution < 1.29 is 0 Å². The van der Waals surface area contributed by atoms with E-state index in [9.17, 15) is 0 Å². The third-order valence-corrected chi connectivity index (χ3v) is 3.41. The van der Waals surface area contributed by atoms with Gasteiger partial charge in [-0.2, -0.15) is 0 Å². The maximum atomic E-state index is 3.97. The van der Waals surface area contributed by atoms with Crippen LogP contribution in [0.4, 0.5) is 0 Å². The van der Waals surface area contributed by atoms with Crippen LogP contribution in [0.5, 0.6) is 0 Å². The molecular weight excluding hydrogens is 230 g/mol. The maximum Gasteiger partial charge on any atom is 0.0398 e. The molecule has 1 heteroatoms. The van der Waals surface area contributed by atoms with E-state index in [1.165, 1.54) is 22.3 Å². The van der Waals surface area contributed by atoms with Gasteiger partial charge in [-0.3, -0.25) is 0 Å². The van der Waals surface area contributed by atoms with E-state index in [0.717, 1.165) is 18.5 Å². The molecular formula is C18H21N. The summed E-state index contributed by atoms with van der Waals surface area (Å²) >= 11 is 0. The second-order valence-corrected chi connectivity index (χ2v) is 4.90. The first kappa shape index (κ1) is 13.4. The summed E-state index contributed by atoms with van der Waals surface area (Å²) in [6.07, 6.45) is 9.42. The van der Waals surface area contributed by atoms with Gasteiger partial charge < -0.3 is 5.32 Å². The highest BCUT2D eigenvalue weighted by molar-refractivity contribution is 5.61. The third kappa shape index (κ3) is 3.47. The van der Waals surface area contributed by atoms with Gasteiger partial charge in [0.1, 0.15) is 0 Å². The molecule has 0 aliphatic carbocycles. The van der Waals surface area contributed by atoms with Gasteiger partial charge in [0.15, 0.2) is 0 Å². The first-order chi connectivity index (χ1) is 9.20. The molecule has 0 unspecified atom stereocenters. The quantitative estimate of drug-likeness (QED) is 0.843. The van der Waals surface area contributed by atoms with E-state index in [4.69, 9.17) is 0 Å². The number of allylic oxidation sites excluding steroid dienone is 4. The van der Waals surface area contributed by atoms with Crippen molar-refractivity contribution in [2.75, 3.05) is 6.54 Å². The van der Waals surface area contributed by atoms with Crippen LogP contribution in [0.2, 0.25) is 0 Å². The lowest BCUT2D eigenvalue weighted by Gasteiger charge is -2.15. The van der Waals surface area contributed by atoms with Gasteiger partial charge in [0.2, 0.25) is 0 Å². The molecule has 1 heterocycles. The van der Waals surface area contributed by atoms with Crippen molar-refractivity contribution in [1.82, 2.24) is 5.32 Å². The maximum absolute atomic E-state index is 3.97. The van der Waals surface area contributed by atoms with Crippen LogP contribution in [0.1, 0.15) is 25.0 Å². The zero-order chi connectivity index (χ0) is 13.7. The number of rotatable bonds is 4. The Balaban J connectivity index is 2.12. The van der Waals surface area contributed by atoms with E-state index in [-0.39, 0.29) is 0 Å². The van der Waals surface area contributed by atoms with Crippen LogP contribution in [-0.4, -0.2) is 6.54 Å². The first-order valence-electron chi connectivity index (χ1n) is 6.70. The predicted molar refractivity (Wildman–Crippen MR) is 83.8 cm³/mol. The molecule has 0 amide bonds. The van der Waals surface area contributed by atoms with Crippen molar-refractivity contribution in [1.29, 1.82) is 0 Å². The third-order valence-electron chi connectivity index (χ3n) is 3.41. The number of hydrogen-bond donors (Lipinski definition) is 1. The summed E-state index contributed by atoms with van der Waals surface area (Å²) < 4.78 is 0. The van der Waals surface area contributed by atoms with Crippen LogP contribution in [0.3, 0.4) is 0 Å². The minimum absolute atomic E-state index is 0.917. The van der Waals surface area contributed by atoms with Crippen molar-refractivity contribution in [2.45, 2.75) is 20.3 Å². The smallest absolute Gasteiger partial charge is 0.0398 e. The normalized spacial score (nSPS) is 14.8. The van der Waals surface area contributed by atoms with Gasteiger partial charge in [-0.05, 0) is 54.8 Å². The molecule has 1 aliphatic rings. The standard InChI is InChI=1S/C18H21N/c1-4-16(18-6-5-11-19-13-18)12-15-7-9-17(10-8-15)14(2)3/h4-11,19H,2,12-13H2,1,3H3/b16-4-. The summed E-state index contributed by atoms with van der Waals surface area (Å²) in [5, 5.41) is 3.26. The Hall–Kier alpha value is -2.02. The van der Waals surface area contributed by atoms with Crippen LogP contribution in [-0.2, 0) is 6.42 Å². The minimum atomic E-state index is 0.917. The van der Waals surface area contributed by atoms with Crippen molar-refractivity contribution in [2.24, 2.45) is 0 Å². The van der Waals surface area contributed by atoms with Gasteiger partial charge in [0, 0.05) is 6.54 Å². The molecule has 0 bridgehead atoms. The van der Waals surface area contributed by atoms with Gasteiger partial charge in [-0.1, -0.05) is 48.6 Å². The zero-order valence-corrected chi connectivity index (χ0v) is 11.7. The van der Waals surface area contributed by atoms with Crippen molar-refractivity contribution >= 4 is 5.57 Å². The van der Waals surface area contributed by atoms with Crippen LogP contribution < -0.4 is 5.32 Å². The van der Waals surface area contributed by atoms with E-state index >= 15 is 0 Å². The fourth-order valence-electron chi connectivity index (χ4n) is 2.21. The van der Waals surface area contributed by atoms with Gasteiger partial charge in [0.05, 0.1) is 0 Å². The lowest BCUT2D eigenvalue weighted by molar-refractivity contribution is 0.912. The molecule has 0 saturated heterocycles. The fraction of sp³-hybridized carbons (Fsp3) is 0.222. The lowest BCUT2D eigenvalue weighted by atomic mass is 9.95. The zero-order valence-electron chi connectivity index (χ0n) is 11.7. The van der Waals surface area contributed by atoms with Crippen LogP contribution in [0.25, 0.3) is 5.57 Å². The summed E-state index contributed by atoms with van der Waals surface area (Å²) in [6.45, 7) is 9.03. The Bertz CT molecular complexity index is 542. The molecule has 0 saturated carbocycles. The molecule has 0 atom stereocenters. The molecule has 0 aromatic heterocycles. The van der Waals surface area contributed by atoms with Crippen molar-refractivity contribution in [3.63, 3.8) is 0 Å². The molecule has 1 aromatic rings. The average molecular weight is 251 g/mol. The molecule has 0 radical (unpaired) electrons. The summed E-state index contributed by atoms with van der Waals surface area (Å²) in [6, 6.07) is 8.69. The molecule has 1 N–H and O–H groups in total. The second-order valence-electron chi connectivity index (χ2n) is 4.90. The van der Waals surface area contributed by atoms with E-state index in [2.05, 4.69) is 61.3 Å². The molecule has 1 aliphatic heterocycles. The van der Waals surface area contributed by atoms with E-state index in [1.54, 1.807) is 0 Å². The molecule has 0 fully saturated rings. The highest BCUT2D eigenvalue weighted by Gasteiger charge is 2.06. The van der Waals surface area contributed by atoms with Crippen LogP contribution >= 0.6 is 0 Å². The number of nitrogens with one attached hydrogen (secondary N) is 1. The summed E-state index contributed by atoms with van der Waals surface area (Å²) in [4.78, 5) is 0. The Labute approximate surface area is 116 Å². The van der Waals surface area contributed by atoms with Crippen molar-refractivity contribution in [3.05, 3.63) is 77.5 Å². The SMILES string of the molecule is C=C(C)c1ccc(C/C(=C/C)C2=CC=CNC2)cc1. The monoisotopic (exact) mass is 251 g/mol. The Morgan fingerprint density at radius 3 is 2.58 bits per heavy atom. The highest BCUT2D eigenvalue weighted by Crippen LogP contribution is 2.19. The average Bonchev–Trinajstić information content (AvgIpc) is 2.46. The van der Waals surface area contributed by atoms with Crippen LogP contribution in [0.15, 0.2) is 66.4 Å². The molecule has 98 valence electrons. The summed E-state index contributed by atoms with van der Waals surface area (Å²) in [7, 11) is 0. The Morgan fingerprint density at radius 2 is 2.05 bits per heavy atom. The fourth-order valence-corrected chi connectivity index (χ4v) is 2.21. The second kappa shape index (κ2) is 6.24. The molecule has 1 nitrogen and oxygen atoms in total. The number of hydrogen-bond acceptors (Lipinski definition) is 1. The summed E-state index contributed by atoms with van der Waals surface area (Å²) in [5.74, 6) is 0. The molecule has 1 aromatic carbocycles. The van der Waals surface area contributed by atoms with E-state index in [0.29, 0.717) is 0 Å². The van der Waals surface area contributed by atoms with Crippen LogP contribution in [0, 0.1) is 0 Å². The van der Waals surface area contributed by atoms with E-state index < -0.39 is 0 Å². The van der Waals surface area contributed by atoms with Gasteiger partial charge >= 0.3 is 0 Å². The van der Waals surface area contributed by atoms with Gasteiger partial charge in [-0.15, -0.1) is 0 Å². The lowest BCUT2D eigenvalue weighted by Crippen LogP contribution is -2.14. The Kier molecular flexibility index (Phi) is 4.40. The number of dihydropyridines is 1. The Morgan fingerprint density at radius 1 is 1.32 bits per heavy atom. The molecule has 2 rings (SSSR count). The predicted octanol–water partition coefficient (Wildman–Crippen LogP) is 4.25. The topological polar surface area (TPSA) is 12.0 Å². The molecule has 0 spiro atoms. The number of benzene rings is 1.